The van der Waals surface area contributed by atoms with Gasteiger partial charge in [-0.3, -0.25) is 4.99 Å². The number of rotatable bonds is 10. The molecular formula is C19H29IN4OS. The van der Waals surface area contributed by atoms with Crippen LogP contribution in [0, 0.1) is 0 Å². The Morgan fingerprint density at radius 2 is 1.92 bits per heavy atom. The van der Waals surface area contributed by atoms with Crippen molar-refractivity contribution in [1.82, 2.24) is 15.6 Å². The zero-order valence-corrected chi connectivity index (χ0v) is 18.7. The van der Waals surface area contributed by atoms with E-state index in [-0.39, 0.29) is 24.0 Å². The van der Waals surface area contributed by atoms with E-state index in [1.807, 2.05) is 18.2 Å². The number of unbranched alkanes of at least 4 members (excludes halogenated alkanes) is 1. The van der Waals surface area contributed by atoms with Crippen molar-refractivity contribution in [2.45, 2.75) is 32.7 Å². The van der Waals surface area contributed by atoms with Gasteiger partial charge < -0.3 is 15.4 Å². The van der Waals surface area contributed by atoms with Gasteiger partial charge in [0, 0.05) is 37.7 Å². The van der Waals surface area contributed by atoms with Gasteiger partial charge in [-0.15, -0.1) is 35.3 Å². The van der Waals surface area contributed by atoms with E-state index < -0.39 is 0 Å². The molecule has 0 saturated carbocycles. The zero-order valence-electron chi connectivity index (χ0n) is 15.5. The first-order chi connectivity index (χ1) is 12.3. The second-order valence-electron chi connectivity index (χ2n) is 5.68. The van der Waals surface area contributed by atoms with Crippen LogP contribution in [-0.2, 0) is 11.3 Å². The van der Waals surface area contributed by atoms with Crippen LogP contribution in [0.1, 0.15) is 31.9 Å². The predicted octanol–water partition coefficient (Wildman–Crippen LogP) is 4.30. The number of ether oxygens (including phenoxy) is 1. The minimum absolute atomic E-state index is 0. The summed E-state index contributed by atoms with van der Waals surface area (Å²) in [6.45, 7) is 5.33. The molecular weight excluding hydrogens is 459 g/mol. The highest BCUT2D eigenvalue weighted by Crippen LogP contribution is 2.23. The lowest BCUT2D eigenvalue weighted by Gasteiger charge is -2.11. The third kappa shape index (κ3) is 8.46. The van der Waals surface area contributed by atoms with Crippen LogP contribution in [0.2, 0.25) is 0 Å². The molecule has 0 aliphatic rings. The second-order valence-corrected chi connectivity index (χ2v) is 6.54. The summed E-state index contributed by atoms with van der Waals surface area (Å²) in [6.07, 6.45) is 3.28. The molecule has 2 aromatic rings. The van der Waals surface area contributed by atoms with E-state index in [9.17, 15) is 0 Å². The van der Waals surface area contributed by atoms with Crippen molar-refractivity contribution in [2.75, 3.05) is 26.8 Å². The molecule has 1 heterocycles. The van der Waals surface area contributed by atoms with Crippen molar-refractivity contribution in [1.29, 1.82) is 0 Å². The van der Waals surface area contributed by atoms with Gasteiger partial charge in [-0.2, -0.15) is 0 Å². The molecule has 0 fully saturated rings. The summed E-state index contributed by atoms with van der Waals surface area (Å²) in [5.74, 6) is 0.794. The minimum Gasteiger partial charge on any atom is -0.381 e. The van der Waals surface area contributed by atoms with E-state index in [4.69, 9.17) is 4.74 Å². The van der Waals surface area contributed by atoms with Crippen LogP contribution in [0.5, 0.6) is 0 Å². The Balaban J connectivity index is 0.00000338. The average Bonchev–Trinajstić information content (AvgIpc) is 3.13. The van der Waals surface area contributed by atoms with E-state index in [2.05, 4.69) is 45.0 Å². The van der Waals surface area contributed by atoms with Crippen molar-refractivity contribution >= 4 is 41.3 Å². The van der Waals surface area contributed by atoms with Crippen LogP contribution in [-0.4, -0.2) is 37.7 Å². The molecule has 0 spiro atoms. The summed E-state index contributed by atoms with van der Waals surface area (Å²) in [4.78, 5) is 8.92. The van der Waals surface area contributed by atoms with Gasteiger partial charge in [-0.25, -0.2) is 4.98 Å². The lowest BCUT2D eigenvalue weighted by molar-refractivity contribution is 0.129. The number of hydrogen-bond acceptors (Lipinski definition) is 4. The van der Waals surface area contributed by atoms with Crippen LogP contribution in [0.25, 0.3) is 10.6 Å². The summed E-state index contributed by atoms with van der Waals surface area (Å²) >= 11 is 1.66. The minimum atomic E-state index is 0. The summed E-state index contributed by atoms with van der Waals surface area (Å²) in [6, 6.07) is 10.3. The van der Waals surface area contributed by atoms with Gasteiger partial charge in [-0.1, -0.05) is 43.7 Å². The molecule has 0 radical (unpaired) electrons. The van der Waals surface area contributed by atoms with Crippen molar-refractivity contribution in [2.24, 2.45) is 4.99 Å². The van der Waals surface area contributed by atoms with E-state index in [1.165, 1.54) is 6.42 Å². The lowest BCUT2D eigenvalue weighted by atomic mass is 10.2. The molecule has 1 aromatic carbocycles. The molecule has 0 amide bonds. The highest BCUT2D eigenvalue weighted by molar-refractivity contribution is 14.0. The Kier molecular flexibility index (Phi) is 12.3. The fraction of sp³-hybridized carbons (Fsp3) is 0.474. The fourth-order valence-corrected chi connectivity index (χ4v) is 3.05. The van der Waals surface area contributed by atoms with Crippen molar-refractivity contribution in [3.05, 3.63) is 41.4 Å². The maximum absolute atomic E-state index is 5.55. The topological polar surface area (TPSA) is 58.5 Å². The Morgan fingerprint density at radius 1 is 1.15 bits per heavy atom. The molecule has 0 saturated heterocycles. The van der Waals surface area contributed by atoms with Crippen molar-refractivity contribution < 1.29 is 4.74 Å². The molecule has 2 N–H and O–H groups in total. The van der Waals surface area contributed by atoms with Crippen molar-refractivity contribution in [3.63, 3.8) is 0 Å². The molecule has 0 unspecified atom stereocenters. The predicted molar refractivity (Wildman–Crippen MR) is 122 cm³/mol. The molecule has 0 bridgehead atoms. The summed E-state index contributed by atoms with van der Waals surface area (Å²) < 4.78 is 5.55. The number of aromatic nitrogens is 1. The third-order valence-corrected chi connectivity index (χ3v) is 4.57. The van der Waals surface area contributed by atoms with Gasteiger partial charge in [-0.05, 0) is 12.8 Å². The van der Waals surface area contributed by atoms with E-state index in [0.717, 1.165) is 54.8 Å². The maximum atomic E-state index is 5.55. The molecule has 0 atom stereocenters. The van der Waals surface area contributed by atoms with E-state index in [0.29, 0.717) is 6.54 Å². The standard InChI is InChI=1S/C19H28N4OS.HI/c1-3-4-12-24-13-8-11-21-19(20-2)22-14-17-15-25-18(23-17)16-9-6-5-7-10-16;/h5-7,9-10,15H,3-4,8,11-14H2,1-2H3,(H2,20,21,22);1H. The zero-order chi connectivity index (χ0) is 17.7. The number of nitrogens with zero attached hydrogens (tertiary/aromatic N) is 2. The average molecular weight is 488 g/mol. The van der Waals surface area contributed by atoms with Crippen LogP contribution >= 0.6 is 35.3 Å². The molecule has 0 aliphatic heterocycles. The van der Waals surface area contributed by atoms with Gasteiger partial charge in [0.2, 0.25) is 0 Å². The highest BCUT2D eigenvalue weighted by Gasteiger charge is 2.05. The van der Waals surface area contributed by atoms with Gasteiger partial charge in [0.05, 0.1) is 12.2 Å². The fourth-order valence-electron chi connectivity index (χ4n) is 2.23. The molecule has 1 aromatic heterocycles. The first-order valence-corrected chi connectivity index (χ1v) is 9.73. The molecule has 0 aliphatic carbocycles. The first-order valence-electron chi connectivity index (χ1n) is 8.85. The summed E-state index contributed by atoms with van der Waals surface area (Å²) in [5.41, 5.74) is 2.18. The number of aliphatic imine (C=N–C) groups is 1. The SMILES string of the molecule is CCCCOCCCNC(=NC)NCc1csc(-c2ccccc2)n1.I. The van der Waals surface area contributed by atoms with E-state index >= 15 is 0 Å². The summed E-state index contributed by atoms with van der Waals surface area (Å²) in [7, 11) is 1.78. The molecule has 7 heteroatoms. The quantitative estimate of drug-likeness (QED) is 0.227. The molecule has 144 valence electrons. The third-order valence-electron chi connectivity index (χ3n) is 3.63. The normalized spacial score (nSPS) is 11.1. The van der Waals surface area contributed by atoms with Crippen LogP contribution in [0.3, 0.4) is 0 Å². The molecule has 2 rings (SSSR count). The van der Waals surface area contributed by atoms with Gasteiger partial charge in [0.1, 0.15) is 5.01 Å². The second kappa shape index (κ2) is 13.9. The Morgan fingerprint density at radius 3 is 2.65 bits per heavy atom. The first kappa shape index (κ1) is 22.9. The number of nitrogens with one attached hydrogen (secondary N) is 2. The lowest BCUT2D eigenvalue weighted by Crippen LogP contribution is -2.37. The van der Waals surface area contributed by atoms with Crippen LogP contribution in [0.4, 0.5) is 0 Å². The largest absolute Gasteiger partial charge is 0.381 e. The smallest absolute Gasteiger partial charge is 0.191 e. The Labute approximate surface area is 177 Å². The number of guanidine groups is 1. The molecule has 26 heavy (non-hydrogen) atoms. The monoisotopic (exact) mass is 488 g/mol. The van der Waals surface area contributed by atoms with Gasteiger partial charge >= 0.3 is 0 Å². The number of thiazole rings is 1. The summed E-state index contributed by atoms with van der Waals surface area (Å²) in [5, 5.41) is 9.74. The number of hydrogen-bond donors (Lipinski definition) is 2. The Bertz CT molecular complexity index is 633. The van der Waals surface area contributed by atoms with Crippen LogP contribution in [0.15, 0.2) is 40.7 Å². The maximum Gasteiger partial charge on any atom is 0.191 e. The van der Waals surface area contributed by atoms with Crippen molar-refractivity contribution in [3.8, 4) is 10.6 Å². The number of halogens is 1. The Hall–Kier alpha value is -1.19. The highest BCUT2D eigenvalue weighted by atomic mass is 127. The number of benzene rings is 1. The molecule has 5 nitrogen and oxygen atoms in total. The van der Waals surface area contributed by atoms with E-state index in [1.54, 1.807) is 18.4 Å². The van der Waals surface area contributed by atoms with Gasteiger partial charge in [0.15, 0.2) is 5.96 Å². The van der Waals surface area contributed by atoms with Gasteiger partial charge in [0.25, 0.3) is 0 Å². The van der Waals surface area contributed by atoms with Crippen LogP contribution < -0.4 is 10.6 Å².